The van der Waals surface area contributed by atoms with Crippen LogP contribution in [0.5, 0.6) is 17.2 Å². The maximum absolute atomic E-state index is 6.55. The maximum Gasteiger partial charge on any atom is 0.180 e. The van der Waals surface area contributed by atoms with Gasteiger partial charge in [-0.15, -0.1) is 0 Å². The van der Waals surface area contributed by atoms with Gasteiger partial charge in [0.15, 0.2) is 5.72 Å². The van der Waals surface area contributed by atoms with E-state index in [4.69, 9.17) is 14.2 Å². The maximum atomic E-state index is 6.55. The molecule has 2 aliphatic heterocycles. The molecular formula is C22H24N2O3. The van der Waals surface area contributed by atoms with Crippen molar-refractivity contribution in [1.82, 2.24) is 10.4 Å². The van der Waals surface area contributed by atoms with E-state index in [1.165, 1.54) is 18.4 Å². The third-order valence-electron chi connectivity index (χ3n) is 5.90. The third kappa shape index (κ3) is 2.49. The first kappa shape index (κ1) is 16.5. The molecule has 5 rings (SSSR count). The van der Waals surface area contributed by atoms with Gasteiger partial charge in [0.25, 0.3) is 0 Å². The normalized spacial score (nSPS) is 22.4. The molecule has 2 heterocycles. The van der Waals surface area contributed by atoms with Gasteiger partial charge in [0.05, 0.1) is 26.0 Å². The van der Waals surface area contributed by atoms with Gasteiger partial charge in [-0.1, -0.05) is 18.2 Å². The van der Waals surface area contributed by atoms with Crippen LogP contribution < -0.4 is 19.6 Å². The monoisotopic (exact) mass is 364 g/mol. The molecule has 1 fully saturated rings. The Balaban J connectivity index is 1.59. The summed E-state index contributed by atoms with van der Waals surface area (Å²) in [6.07, 6.45) is 6.73. The molecule has 0 aromatic heterocycles. The average Bonchev–Trinajstić information content (AvgIpc) is 3.36. The minimum absolute atomic E-state index is 0.148. The number of rotatable bonds is 3. The van der Waals surface area contributed by atoms with E-state index in [1.54, 1.807) is 14.2 Å². The number of fused-ring (bicyclic) bond motifs is 4. The van der Waals surface area contributed by atoms with Crippen molar-refractivity contribution in [1.29, 1.82) is 0 Å². The molecule has 0 unspecified atom stereocenters. The number of hydrazine groups is 1. The van der Waals surface area contributed by atoms with Gasteiger partial charge >= 0.3 is 0 Å². The summed E-state index contributed by atoms with van der Waals surface area (Å²) in [4.78, 5) is 0. The second-order valence-electron chi connectivity index (χ2n) is 7.37. The van der Waals surface area contributed by atoms with Crippen LogP contribution in [-0.2, 0) is 0 Å². The lowest BCUT2D eigenvalue weighted by molar-refractivity contribution is -0.125. The predicted octanol–water partition coefficient (Wildman–Crippen LogP) is 4.27. The molecule has 0 bridgehead atoms. The van der Waals surface area contributed by atoms with Crippen molar-refractivity contribution < 1.29 is 14.2 Å². The van der Waals surface area contributed by atoms with E-state index < -0.39 is 0 Å². The predicted molar refractivity (Wildman–Crippen MR) is 104 cm³/mol. The number of ether oxygens (including phenoxy) is 3. The number of nitrogens with one attached hydrogen (secondary N) is 1. The summed E-state index contributed by atoms with van der Waals surface area (Å²) >= 11 is 0. The van der Waals surface area contributed by atoms with Gasteiger partial charge in [-0.3, -0.25) is 0 Å². The Morgan fingerprint density at radius 3 is 2.67 bits per heavy atom. The molecule has 2 aromatic carbocycles. The molecule has 27 heavy (non-hydrogen) atoms. The lowest BCUT2D eigenvalue weighted by Crippen LogP contribution is -2.58. The SMILES string of the molecule is COc1ccc(C2=C[C@H]3c4ccccc4OC4(CCCC4)N3N2)c(OC)c1. The zero-order chi connectivity index (χ0) is 18.4. The van der Waals surface area contributed by atoms with Crippen LogP contribution in [-0.4, -0.2) is 25.0 Å². The van der Waals surface area contributed by atoms with E-state index in [9.17, 15) is 0 Å². The van der Waals surface area contributed by atoms with Crippen molar-refractivity contribution in [3.63, 3.8) is 0 Å². The summed E-state index contributed by atoms with van der Waals surface area (Å²) < 4.78 is 17.5. The summed E-state index contributed by atoms with van der Waals surface area (Å²) in [5.74, 6) is 2.58. The first-order chi connectivity index (χ1) is 13.2. The quantitative estimate of drug-likeness (QED) is 0.881. The second-order valence-corrected chi connectivity index (χ2v) is 7.37. The minimum atomic E-state index is -0.281. The summed E-state index contributed by atoms with van der Waals surface area (Å²) in [5, 5.41) is 2.31. The molecule has 1 N–H and O–H groups in total. The minimum Gasteiger partial charge on any atom is -0.497 e. The lowest BCUT2D eigenvalue weighted by Gasteiger charge is -2.46. The molecular weight excluding hydrogens is 340 g/mol. The highest BCUT2D eigenvalue weighted by atomic mass is 16.5. The first-order valence-electron chi connectivity index (χ1n) is 9.52. The fourth-order valence-electron chi connectivity index (χ4n) is 4.57. The van der Waals surface area contributed by atoms with Gasteiger partial charge in [0.2, 0.25) is 0 Å². The Hall–Kier alpha value is -2.66. The van der Waals surface area contributed by atoms with Gasteiger partial charge in [-0.2, -0.15) is 5.01 Å². The molecule has 3 aliphatic rings. The van der Waals surface area contributed by atoms with Crippen molar-refractivity contribution in [3.8, 4) is 17.2 Å². The zero-order valence-electron chi connectivity index (χ0n) is 15.7. The van der Waals surface area contributed by atoms with Crippen molar-refractivity contribution in [2.75, 3.05) is 14.2 Å². The standard InChI is InChI=1S/C22H24N2O3/c1-25-15-9-10-16(21(13-15)26-2)18-14-19-17-7-3-4-8-20(17)27-22(24(19)23-18)11-5-6-12-22/h3-4,7-10,13-14,19,23H,5-6,11-12H2,1-2H3/t19-/m0/s1. The Morgan fingerprint density at radius 1 is 1.07 bits per heavy atom. The van der Waals surface area contributed by atoms with Gasteiger partial charge in [-0.25, -0.2) is 0 Å². The van der Waals surface area contributed by atoms with E-state index in [2.05, 4.69) is 40.8 Å². The van der Waals surface area contributed by atoms with Crippen molar-refractivity contribution in [3.05, 3.63) is 59.7 Å². The second kappa shape index (κ2) is 6.20. The number of para-hydroxylation sites is 1. The van der Waals surface area contributed by atoms with E-state index in [0.717, 1.165) is 41.4 Å². The first-order valence-corrected chi connectivity index (χ1v) is 9.52. The molecule has 5 nitrogen and oxygen atoms in total. The molecule has 0 radical (unpaired) electrons. The summed E-state index contributed by atoms with van der Waals surface area (Å²) in [6, 6.07) is 14.5. The Morgan fingerprint density at radius 2 is 1.89 bits per heavy atom. The zero-order valence-corrected chi connectivity index (χ0v) is 15.7. The molecule has 1 saturated carbocycles. The van der Waals surface area contributed by atoms with E-state index in [0.29, 0.717) is 0 Å². The summed E-state index contributed by atoms with van der Waals surface area (Å²) in [7, 11) is 3.36. The van der Waals surface area contributed by atoms with E-state index >= 15 is 0 Å². The van der Waals surface area contributed by atoms with Gasteiger partial charge in [0, 0.05) is 30.0 Å². The molecule has 1 atom stereocenters. The summed E-state index contributed by atoms with van der Waals surface area (Å²) in [6.45, 7) is 0. The van der Waals surface area contributed by atoms with Crippen LogP contribution in [0.1, 0.15) is 42.9 Å². The lowest BCUT2D eigenvalue weighted by atomic mass is 9.98. The Bertz CT molecular complexity index is 902. The number of hydrogen-bond donors (Lipinski definition) is 1. The fraction of sp³-hybridized carbons (Fsp3) is 0.364. The molecule has 1 spiro atoms. The smallest absolute Gasteiger partial charge is 0.180 e. The average molecular weight is 364 g/mol. The number of hydrogen-bond acceptors (Lipinski definition) is 5. The van der Waals surface area contributed by atoms with Crippen LogP contribution in [0.2, 0.25) is 0 Å². The van der Waals surface area contributed by atoms with E-state index in [1.807, 2.05) is 18.2 Å². The Kier molecular flexibility index (Phi) is 3.79. The van der Waals surface area contributed by atoms with Crippen molar-refractivity contribution in [2.45, 2.75) is 37.5 Å². The highest BCUT2D eigenvalue weighted by molar-refractivity contribution is 5.72. The number of benzene rings is 2. The van der Waals surface area contributed by atoms with E-state index in [-0.39, 0.29) is 11.8 Å². The number of methoxy groups -OCH3 is 2. The highest BCUT2D eigenvalue weighted by Gasteiger charge is 2.51. The topological polar surface area (TPSA) is 43.0 Å². The van der Waals surface area contributed by atoms with Crippen molar-refractivity contribution >= 4 is 5.70 Å². The third-order valence-corrected chi connectivity index (χ3v) is 5.90. The van der Waals surface area contributed by atoms with Crippen LogP contribution in [0, 0.1) is 0 Å². The molecule has 140 valence electrons. The van der Waals surface area contributed by atoms with Gasteiger partial charge < -0.3 is 19.6 Å². The van der Waals surface area contributed by atoms with Crippen LogP contribution in [0.3, 0.4) is 0 Å². The molecule has 5 heteroatoms. The van der Waals surface area contributed by atoms with Crippen molar-refractivity contribution in [2.24, 2.45) is 0 Å². The largest absolute Gasteiger partial charge is 0.497 e. The van der Waals surface area contributed by atoms with Crippen LogP contribution in [0.15, 0.2) is 48.5 Å². The highest BCUT2D eigenvalue weighted by Crippen LogP contribution is 2.51. The van der Waals surface area contributed by atoms with Crippen LogP contribution in [0.4, 0.5) is 0 Å². The van der Waals surface area contributed by atoms with Gasteiger partial charge in [0.1, 0.15) is 17.2 Å². The molecule has 0 saturated heterocycles. The van der Waals surface area contributed by atoms with Gasteiger partial charge in [-0.05, 0) is 37.1 Å². The van der Waals surface area contributed by atoms with Crippen LogP contribution in [0.25, 0.3) is 5.70 Å². The number of nitrogens with zero attached hydrogens (tertiary/aromatic N) is 1. The molecule has 2 aromatic rings. The Labute approximate surface area is 159 Å². The molecule has 1 aliphatic carbocycles. The summed E-state index contributed by atoms with van der Waals surface area (Å²) in [5.41, 5.74) is 6.64. The van der Waals surface area contributed by atoms with Crippen LogP contribution >= 0.6 is 0 Å². The fourth-order valence-corrected chi connectivity index (χ4v) is 4.57. The molecule has 0 amide bonds.